The highest BCUT2D eigenvalue weighted by Crippen LogP contribution is 2.35. The number of aliphatic imine (C=N–C) groups is 1. The van der Waals surface area contributed by atoms with Crippen molar-refractivity contribution >= 4 is 5.96 Å². The van der Waals surface area contributed by atoms with Crippen molar-refractivity contribution in [1.82, 2.24) is 10.2 Å². The first-order chi connectivity index (χ1) is 13.2. The minimum Gasteiger partial charge on any atom is -0.491 e. The second-order valence-electron chi connectivity index (χ2n) is 7.21. The van der Waals surface area contributed by atoms with E-state index in [-0.39, 0.29) is 24.0 Å². The van der Waals surface area contributed by atoms with Gasteiger partial charge in [0.05, 0.1) is 24.8 Å². The molecule has 0 saturated carbocycles. The Kier molecular flexibility index (Phi) is 7.98. The third-order valence-corrected chi connectivity index (χ3v) is 4.48. The van der Waals surface area contributed by atoms with Gasteiger partial charge in [-0.25, -0.2) is 4.99 Å². The zero-order valence-electron chi connectivity index (χ0n) is 17.0. The molecule has 1 unspecified atom stereocenters. The maximum Gasteiger partial charge on any atom is 0.416 e. The van der Waals surface area contributed by atoms with E-state index in [4.69, 9.17) is 9.47 Å². The molecule has 158 valence electrons. The predicted octanol–water partition coefficient (Wildman–Crippen LogP) is 3.93. The molecule has 1 aliphatic rings. The molecule has 1 aliphatic heterocycles. The summed E-state index contributed by atoms with van der Waals surface area (Å²) in [4.78, 5) is 6.55. The number of nitrogens with zero attached hydrogens (tertiary/aromatic N) is 2. The number of rotatable bonds is 7. The van der Waals surface area contributed by atoms with E-state index in [0.29, 0.717) is 25.0 Å². The van der Waals surface area contributed by atoms with Crippen molar-refractivity contribution in [3.8, 4) is 5.75 Å². The fourth-order valence-corrected chi connectivity index (χ4v) is 3.29. The lowest BCUT2D eigenvalue weighted by Gasteiger charge is -2.22. The Labute approximate surface area is 164 Å². The van der Waals surface area contributed by atoms with Crippen LogP contribution in [-0.4, -0.2) is 50.3 Å². The van der Waals surface area contributed by atoms with E-state index in [1.54, 1.807) is 27.0 Å². The number of hydrogen-bond donors (Lipinski definition) is 1. The molecule has 0 bridgehead atoms. The van der Waals surface area contributed by atoms with Crippen LogP contribution in [0.25, 0.3) is 0 Å². The topological polar surface area (TPSA) is 46.1 Å². The van der Waals surface area contributed by atoms with Crippen molar-refractivity contribution in [1.29, 1.82) is 0 Å². The molecule has 0 radical (unpaired) electrons. The van der Waals surface area contributed by atoms with Crippen LogP contribution in [0.15, 0.2) is 23.2 Å². The average Bonchev–Trinajstić information content (AvgIpc) is 3.07. The Bertz CT molecular complexity index is 663. The van der Waals surface area contributed by atoms with Crippen molar-refractivity contribution in [2.75, 3.05) is 33.4 Å². The van der Waals surface area contributed by atoms with E-state index in [0.717, 1.165) is 25.6 Å². The highest BCUT2D eigenvalue weighted by atomic mass is 19.4. The summed E-state index contributed by atoms with van der Waals surface area (Å²) in [5, 5.41) is 3.18. The van der Waals surface area contributed by atoms with E-state index in [1.165, 1.54) is 6.07 Å². The van der Waals surface area contributed by atoms with Gasteiger partial charge in [-0.15, -0.1) is 0 Å². The quantitative estimate of drug-likeness (QED) is 0.556. The van der Waals surface area contributed by atoms with Crippen LogP contribution in [0.4, 0.5) is 13.2 Å². The summed E-state index contributed by atoms with van der Waals surface area (Å²) in [5.41, 5.74) is -0.574. The number of guanidine groups is 1. The van der Waals surface area contributed by atoms with Gasteiger partial charge in [-0.05, 0) is 44.9 Å². The van der Waals surface area contributed by atoms with Crippen LogP contribution < -0.4 is 10.1 Å². The summed E-state index contributed by atoms with van der Waals surface area (Å²) in [6.45, 7) is 8.37. The third kappa shape index (κ3) is 6.29. The predicted molar refractivity (Wildman–Crippen MR) is 104 cm³/mol. The van der Waals surface area contributed by atoms with Crippen LogP contribution in [0.1, 0.15) is 38.3 Å². The summed E-state index contributed by atoms with van der Waals surface area (Å²) in [7, 11) is 1.67. The molecule has 1 aromatic carbocycles. The molecule has 0 spiro atoms. The average molecular weight is 401 g/mol. The van der Waals surface area contributed by atoms with E-state index >= 15 is 0 Å². The summed E-state index contributed by atoms with van der Waals surface area (Å²) in [6.07, 6.45) is -3.68. The number of hydrogen-bond acceptors (Lipinski definition) is 3. The van der Waals surface area contributed by atoms with Gasteiger partial charge < -0.3 is 19.7 Å². The van der Waals surface area contributed by atoms with Crippen molar-refractivity contribution in [2.45, 2.75) is 46.0 Å². The monoisotopic (exact) mass is 401 g/mol. The van der Waals surface area contributed by atoms with Gasteiger partial charge in [0.2, 0.25) is 0 Å². The fraction of sp³-hybridized carbons (Fsp3) is 0.650. The molecule has 1 N–H and O–H groups in total. The number of benzene rings is 1. The molecule has 1 fully saturated rings. The first kappa shape index (κ1) is 22.3. The third-order valence-electron chi connectivity index (χ3n) is 4.48. The molecule has 28 heavy (non-hydrogen) atoms. The molecular formula is C20H30F3N3O2. The van der Waals surface area contributed by atoms with Gasteiger partial charge in [0.1, 0.15) is 5.75 Å². The van der Waals surface area contributed by atoms with Gasteiger partial charge in [0.15, 0.2) is 5.96 Å². The summed E-state index contributed by atoms with van der Waals surface area (Å²) in [6, 6.07) is 4.07. The molecule has 5 nitrogen and oxygen atoms in total. The fourth-order valence-electron chi connectivity index (χ4n) is 3.29. The Balaban J connectivity index is 2.21. The zero-order valence-corrected chi connectivity index (χ0v) is 17.0. The lowest BCUT2D eigenvalue weighted by Crippen LogP contribution is -2.40. The second-order valence-corrected chi connectivity index (χ2v) is 7.21. The lowest BCUT2D eigenvalue weighted by atomic mass is 10.1. The van der Waals surface area contributed by atoms with Crippen LogP contribution >= 0.6 is 0 Å². The maximum atomic E-state index is 13.5. The maximum absolute atomic E-state index is 13.5. The molecule has 1 aromatic rings. The van der Waals surface area contributed by atoms with Crippen LogP contribution in [-0.2, 0) is 17.5 Å². The van der Waals surface area contributed by atoms with Crippen molar-refractivity contribution < 1.29 is 22.6 Å². The van der Waals surface area contributed by atoms with Crippen molar-refractivity contribution in [3.05, 3.63) is 29.3 Å². The molecular weight excluding hydrogens is 371 g/mol. The standard InChI is InChI=1S/C20H30F3N3O2/c1-5-24-19(26-9-8-15(12-26)13-27-4)25-11-16-6-7-17(28-14(2)3)10-18(16)20(21,22)23/h6-7,10,14-15H,5,8-9,11-13H2,1-4H3,(H,24,25). The minimum atomic E-state index is -4.46. The molecule has 1 atom stereocenters. The minimum absolute atomic E-state index is 0.0510. The van der Waals surface area contributed by atoms with Gasteiger partial charge in [-0.2, -0.15) is 13.2 Å². The summed E-state index contributed by atoms with van der Waals surface area (Å²) < 4.78 is 51.2. The number of ether oxygens (including phenoxy) is 2. The Morgan fingerprint density at radius 1 is 1.36 bits per heavy atom. The van der Waals surface area contributed by atoms with Gasteiger partial charge in [0.25, 0.3) is 0 Å². The molecule has 2 rings (SSSR count). The second kappa shape index (κ2) is 10.0. The SMILES string of the molecule is CCNC(=NCc1ccc(OC(C)C)cc1C(F)(F)F)N1CCC(COC)C1. The number of alkyl halides is 3. The largest absolute Gasteiger partial charge is 0.491 e. The van der Waals surface area contributed by atoms with Crippen LogP contribution in [0.5, 0.6) is 5.75 Å². The highest BCUT2D eigenvalue weighted by molar-refractivity contribution is 5.80. The summed E-state index contributed by atoms with van der Waals surface area (Å²) in [5.74, 6) is 1.26. The van der Waals surface area contributed by atoms with Crippen LogP contribution in [0.2, 0.25) is 0 Å². The van der Waals surface area contributed by atoms with E-state index in [1.807, 2.05) is 6.92 Å². The Morgan fingerprint density at radius 3 is 2.71 bits per heavy atom. The number of methoxy groups -OCH3 is 1. The lowest BCUT2D eigenvalue weighted by molar-refractivity contribution is -0.138. The summed E-state index contributed by atoms with van der Waals surface area (Å²) >= 11 is 0. The van der Waals surface area contributed by atoms with Crippen LogP contribution in [0, 0.1) is 5.92 Å². The van der Waals surface area contributed by atoms with Crippen molar-refractivity contribution in [3.63, 3.8) is 0 Å². The van der Waals surface area contributed by atoms with Crippen molar-refractivity contribution in [2.24, 2.45) is 10.9 Å². The molecule has 0 amide bonds. The first-order valence-corrected chi connectivity index (χ1v) is 9.63. The molecule has 0 aromatic heterocycles. The molecule has 8 heteroatoms. The van der Waals surface area contributed by atoms with Gasteiger partial charge in [0, 0.05) is 32.7 Å². The Morgan fingerprint density at radius 2 is 2.11 bits per heavy atom. The Hall–Kier alpha value is -1.96. The molecule has 1 heterocycles. The van der Waals surface area contributed by atoms with Gasteiger partial charge >= 0.3 is 6.18 Å². The normalized spacial score (nSPS) is 18.1. The zero-order chi connectivity index (χ0) is 20.7. The van der Waals surface area contributed by atoms with Gasteiger partial charge in [-0.3, -0.25) is 0 Å². The van der Waals surface area contributed by atoms with Crippen LogP contribution in [0.3, 0.4) is 0 Å². The number of nitrogens with one attached hydrogen (secondary N) is 1. The number of likely N-dealkylation sites (tertiary alicyclic amines) is 1. The first-order valence-electron chi connectivity index (χ1n) is 9.63. The van der Waals surface area contributed by atoms with E-state index in [9.17, 15) is 13.2 Å². The van der Waals surface area contributed by atoms with Gasteiger partial charge in [-0.1, -0.05) is 6.07 Å². The molecule has 1 saturated heterocycles. The smallest absolute Gasteiger partial charge is 0.416 e. The highest BCUT2D eigenvalue weighted by Gasteiger charge is 2.34. The molecule has 0 aliphatic carbocycles. The van der Waals surface area contributed by atoms with E-state index < -0.39 is 11.7 Å². The number of halogens is 3. The van der Waals surface area contributed by atoms with E-state index in [2.05, 4.69) is 15.2 Å².